The molecule has 2 bridgehead atoms. The number of rotatable bonds is 0. The van der Waals surface area contributed by atoms with Crippen LogP contribution in [0.25, 0.3) is 0 Å². The lowest BCUT2D eigenvalue weighted by Crippen LogP contribution is -2.66. The summed E-state index contributed by atoms with van der Waals surface area (Å²) in [7, 11) is 0. The molecule has 32 heavy (non-hydrogen) atoms. The summed E-state index contributed by atoms with van der Waals surface area (Å²) in [5.74, 6) is -1.44. The molecule has 4 aliphatic carbocycles. The molecule has 6 heteroatoms. The number of ether oxygens (including phenoxy) is 2. The number of aliphatic hydroxyl groups is 1. The van der Waals surface area contributed by atoms with E-state index in [4.69, 9.17) is 9.47 Å². The maximum Gasteiger partial charge on any atom is 0.188 e. The molecule has 2 saturated heterocycles. The molecule has 0 amide bonds. The second kappa shape index (κ2) is 5.89. The van der Waals surface area contributed by atoms with Gasteiger partial charge in [-0.05, 0) is 68.7 Å². The fraction of sp³-hybridized carbons (Fsp3) is 0.731. The molecule has 0 radical (unpaired) electrons. The Morgan fingerprint density at radius 2 is 1.72 bits per heavy atom. The van der Waals surface area contributed by atoms with E-state index in [1.807, 2.05) is 6.92 Å². The molecule has 0 aromatic carbocycles. The number of hydrogen-bond acceptors (Lipinski definition) is 6. The summed E-state index contributed by atoms with van der Waals surface area (Å²) in [4.78, 5) is 39.2. The van der Waals surface area contributed by atoms with Gasteiger partial charge in [0.25, 0.3) is 0 Å². The zero-order valence-electron chi connectivity index (χ0n) is 19.3. The predicted molar refractivity (Wildman–Crippen MR) is 114 cm³/mol. The van der Waals surface area contributed by atoms with Crippen LogP contribution in [0.15, 0.2) is 23.3 Å². The highest BCUT2D eigenvalue weighted by molar-refractivity contribution is 6.08. The van der Waals surface area contributed by atoms with Crippen molar-refractivity contribution in [2.75, 3.05) is 0 Å². The Balaban J connectivity index is 1.54. The van der Waals surface area contributed by atoms with E-state index in [9.17, 15) is 19.5 Å². The number of carbonyl (C=O) groups excluding carboxylic acids is 3. The van der Waals surface area contributed by atoms with Gasteiger partial charge in [-0.2, -0.15) is 0 Å². The lowest BCUT2D eigenvalue weighted by atomic mass is 9.50. The number of allylic oxidation sites excluding steroid dienone is 1. The molecule has 0 aromatic rings. The van der Waals surface area contributed by atoms with Crippen LogP contribution in [-0.4, -0.2) is 45.0 Å². The van der Waals surface area contributed by atoms with Crippen LogP contribution in [0.5, 0.6) is 0 Å². The molecule has 4 fully saturated rings. The van der Waals surface area contributed by atoms with Crippen molar-refractivity contribution in [2.45, 2.75) is 95.2 Å². The van der Waals surface area contributed by atoms with E-state index in [1.165, 1.54) is 6.08 Å². The van der Waals surface area contributed by atoms with E-state index >= 15 is 0 Å². The van der Waals surface area contributed by atoms with Crippen molar-refractivity contribution < 1.29 is 29.0 Å². The van der Waals surface area contributed by atoms with Crippen molar-refractivity contribution in [3.8, 4) is 0 Å². The highest BCUT2D eigenvalue weighted by Gasteiger charge is 2.72. The molecule has 0 aromatic heterocycles. The Bertz CT molecular complexity index is 1040. The van der Waals surface area contributed by atoms with Crippen molar-refractivity contribution in [1.29, 1.82) is 0 Å². The zero-order chi connectivity index (χ0) is 22.9. The standard InChI is InChI=1S/C26H32O6/c1-14-16-6-8-24(32-26(14)10-9-22(2,3)31-26)18-12-20(29)25(30)13-15(27)5-7-23(25,4)17(18)11-19(28)21(16)24/h11-12,14,16,21,30H,5-10,13H2,1-4H3. The molecule has 7 unspecified atom stereocenters. The molecule has 1 spiro atoms. The summed E-state index contributed by atoms with van der Waals surface area (Å²) in [6, 6.07) is 0. The quantitative estimate of drug-likeness (QED) is 0.622. The highest BCUT2D eigenvalue weighted by Crippen LogP contribution is 2.68. The minimum absolute atomic E-state index is 0.0217. The first kappa shape index (κ1) is 20.9. The van der Waals surface area contributed by atoms with Crippen molar-refractivity contribution in [1.82, 2.24) is 0 Å². The van der Waals surface area contributed by atoms with Crippen molar-refractivity contribution in [3.05, 3.63) is 23.3 Å². The molecule has 172 valence electrons. The Morgan fingerprint density at radius 3 is 2.41 bits per heavy atom. The van der Waals surface area contributed by atoms with E-state index in [0.717, 1.165) is 24.8 Å². The topological polar surface area (TPSA) is 89.9 Å². The van der Waals surface area contributed by atoms with Gasteiger partial charge in [-0.25, -0.2) is 0 Å². The second-order valence-corrected chi connectivity index (χ2v) is 11.9. The number of carbonyl (C=O) groups is 3. The van der Waals surface area contributed by atoms with Crippen LogP contribution in [0, 0.1) is 23.2 Å². The molecule has 2 saturated carbocycles. The van der Waals surface area contributed by atoms with E-state index in [2.05, 4.69) is 20.8 Å². The molecule has 1 N–H and O–H groups in total. The van der Waals surface area contributed by atoms with E-state index in [1.54, 1.807) is 6.08 Å². The highest BCUT2D eigenvalue weighted by atomic mass is 16.7. The van der Waals surface area contributed by atoms with Crippen molar-refractivity contribution in [2.24, 2.45) is 23.2 Å². The van der Waals surface area contributed by atoms with Gasteiger partial charge in [0.15, 0.2) is 17.4 Å². The van der Waals surface area contributed by atoms with Crippen LogP contribution < -0.4 is 0 Å². The molecular formula is C26H32O6. The minimum atomic E-state index is -1.80. The van der Waals surface area contributed by atoms with Crippen LogP contribution in [0.1, 0.15) is 72.6 Å². The number of ketones is 3. The van der Waals surface area contributed by atoms with Gasteiger partial charge in [0.05, 0.1) is 11.5 Å². The minimum Gasteiger partial charge on any atom is -0.380 e. The normalized spacial score (nSPS) is 51.2. The largest absolute Gasteiger partial charge is 0.380 e. The van der Waals surface area contributed by atoms with Gasteiger partial charge in [0.2, 0.25) is 0 Å². The first-order chi connectivity index (χ1) is 14.9. The smallest absolute Gasteiger partial charge is 0.188 e. The zero-order valence-corrected chi connectivity index (χ0v) is 19.3. The first-order valence-electron chi connectivity index (χ1n) is 12.1. The van der Waals surface area contributed by atoms with Gasteiger partial charge in [0, 0.05) is 30.6 Å². The summed E-state index contributed by atoms with van der Waals surface area (Å²) in [5.41, 5.74) is -2.55. The van der Waals surface area contributed by atoms with E-state index in [-0.39, 0.29) is 41.3 Å². The van der Waals surface area contributed by atoms with Crippen molar-refractivity contribution in [3.63, 3.8) is 0 Å². The maximum absolute atomic E-state index is 13.6. The van der Waals surface area contributed by atoms with Crippen LogP contribution in [0.4, 0.5) is 0 Å². The molecule has 2 heterocycles. The SMILES string of the molecule is CC1C2CCC3(OC14CCC(C)(C)O4)C1=CC(=O)C4(O)CC(=O)CCC4(C)C1=CC(=O)C23. The number of hydrogen-bond donors (Lipinski definition) is 1. The average Bonchev–Trinajstić information content (AvgIpc) is 3.20. The average molecular weight is 441 g/mol. The Kier molecular flexibility index (Phi) is 3.85. The monoisotopic (exact) mass is 440 g/mol. The molecule has 6 rings (SSSR count). The third-order valence-corrected chi connectivity index (χ3v) is 9.88. The van der Waals surface area contributed by atoms with Gasteiger partial charge in [0.1, 0.15) is 17.0 Å². The molecule has 2 aliphatic heterocycles. The predicted octanol–water partition coefficient (Wildman–Crippen LogP) is 3.21. The van der Waals surface area contributed by atoms with Gasteiger partial charge in [-0.1, -0.05) is 13.8 Å². The van der Waals surface area contributed by atoms with Crippen LogP contribution in [-0.2, 0) is 23.9 Å². The maximum atomic E-state index is 13.6. The number of Topliss-reactive ketones (excluding diaryl/α,β-unsaturated/α-hetero) is 1. The van der Waals surface area contributed by atoms with Gasteiger partial charge < -0.3 is 14.6 Å². The summed E-state index contributed by atoms with van der Waals surface area (Å²) >= 11 is 0. The van der Waals surface area contributed by atoms with Crippen molar-refractivity contribution >= 4 is 17.3 Å². The fourth-order valence-electron chi connectivity index (χ4n) is 7.99. The van der Waals surface area contributed by atoms with E-state index in [0.29, 0.717) is 24.8 Å². The molecular weight excluding hydrogens is 408 g/mol. The molecule has 6 aliphatic rings. The molecule has 6 nitrogen and oxygen atoms in total. The summed E-state index contributed by atoms with van der Waals surface area (Å²) in [6.07, 6.45) is 6.74. The fourth-order valence-corrected chi connectivity index (χ4v) is 7.99. The van der Waals surface area contributed by atoms with E-state index < -0.39 is 28.2 Å². The first-order valence-corrected chi connectivity index (χ1v) is 12.1. The van der Waals surface area contributed by atoms with Crippen LogP contribution >= 0.6 is 0 Å². The summed E-state index contributed by atoms with van der Waals surface area (Å²) < 4.78 is 13.5. The van der Waals surface area contributed by atoms with Crippen LogP contribution in [0.3, 0.4) is 0 Å². The Hall–Kier alpha value is -1.63. The van der Waals surface area contributed by atoms with Gasteiger partial charge in [-0.15, -0.1) is 0 Å². The van der Waals surface area contributed by atoms with Gasteiger partial charge >= 0.3 is 0 Å². The third kappa shape index (κ3) is 2.24. The Labute approximate surface area is 188 Å². The number of fused-ring (bicyclic) bond motifs is 3. The molecule has 7 atom stereocenters. The van der Waals surface area contributed by atoms with Gasteiger partial charge in [-0.3, -0.25) is 14.4 Å². The van der Waals surface area contributed by atoms with Crippen LogP contribution in [0.2, 0.25) is 0 Å². The summed E-state index contributed by atoms with van der Waals surface area (Å²) in [5, 5.41) is 11.5. The lowest BCUT2D eigenvalue weighted by molar-refractivity contribution is -0.337. The second-order valence-electron chi connectivity index (χ2n) is 11.9. The Morgan fingerprint density at radius 1 is 0.969 bits per heavy atom. The summed E-state index contributed by atoms with van der Waals surface area (Å²) in [6.45, 7) is 8.12. The third-order valence-electron chi connectivity index (χ3n) is 9.88. The lowest BCUT2D eigenvalue weighted by Gasteiger charge is -2.59.